The summed E-state index contributed by atoms with van der Waals surface area (Å²) < 4.78 is 46.6. The molecule has 0 amide bonds. The van der Waals surface area contributed by atoms with Crippen molar-refractivity contribution in [2.45, 2.75) is 31.5 Å². The van der Waals surface area contributed by atoms with Gasteiger partial charge in [0.2, 0.25) is 11.4 Å². The number of hydrogen-bond donors (Lipinski definition) is 1. The van der Waals surface area contributed by atoms with Gasteiger partial charge in [-0.3, -0.25) is 0 Å². The molecule has 0 fully saturated rings. The number of aliphatic hydroxyl groups is 1. The minimum atomic E-state index is -4.62. The Morgan fingerprint density at radius 2 is 2.12 bits per heavy atom. The summed E-state index contributed by atoms with van der Waals surface area (Å²) in [5, 5.41) is 9.25. The van der Waals surface area contributed by atoms with E-state index in [9.17, 15) is 23.1 Å². The van der Waals surface area contributed by atoms with E-state index in [2.05, 4.69) is 9.47 Å². The molecule has 92 valence electrons. The number of aliphatic hydroxyl groups excluding tert-OH is 1. The zero-order chi connectivity index (χ0) is 12.6. The zero-order valence-electron chi connectivity index (χ0n) is 8.72. The molecule has 1 rings (SSSR count). The molecule has 1 atom stereocenters. The highest BCUT2D eigenvalue weighted by molar-refractivity contribution is 5.86. The third kappa shape index (κ3) is 2.07. The van der Waals surface area contributed by atoms with Crippen LogP contribution in [0.5, 0.6) is 0 Å². The Hall–Kier alpha value is -1.40. The first-order valence-electron chi connectivity index (χ1n) is 4.47. The van der Waals surface area contributed by atoms with E-state index in [1.807, 2.05) is 0 Å². The molecule has 16 heavy (non-hydrogen) atoms. The van der Waals surface area contributed by atoms with Gasteiger partial charge in [-0.25, -0.2) is 4.79 Å². The van der Waals surface area contributed by atoms with Crippen LogP contribution in [0.2, 0.25) is 0 Å². The van der Waals surface area contributed by atoms with Gasteiger partial charge in [0.1, 0.15) is 5.76 Å². The fraction of sp³-hybridized carbons (Fsp3) is 0.667. The predicted molar refractivity (Wildman–Crippen MR) is 46.4 cm³/mol. The number of hydrogen-bond acceptors (Lipinski definition) is 4. The average Bonchev–Trinajstić information content (AvgIpc) is 2.19. The van der Waals surface area contributed by atoms with Crippen molar-refractivity contribution < 1.29 is 32.5 Å². The van der Waals surface area contributed by atoms with E-state index >= 15 is 0 Å². The smallest absolute Gasteiger partial charge is 0.427 e. The summed E-state index contributed by atoms with van der Waals surface area (Å²) in [6.07, 6.45) is -5.34. The van der Waals surface area contributed by atoms with E-state index in [1.165, 1.54) is 0 Å². The number of ether oxygens (including phenoxy) is 2. The van der Waals surface area contributed by atoms with Gasteiger partial charge in [0.25, 0.3) is 0 Å². The van der Waals surface area contributed by atoms with Crippen LogP contribution in [0.3, 0.4) is 0 Å². The van der Waals surface area contributed by atoms with Gasteiger partial charge < -0.3 is 14.6 Å². The topological polar surface area (TPSA) is 55.8 Å². The maximum absolute atomic E-state index is 12.6. The van der Waals surface area contributed by atoms with Crippen LogP contribution in [0.4, 0.5) is 13.2 Å². The quantitative estimate of drug-likeness (QED) is 0.713. The van der Waals surface area contributed by atoms with Crippen molar-refractivity contribution in [3.8, 4) is 0 Å². The fourth-order valence-electron chi connectivity index (χ4n) is 1.26. The third-order valence-corrected chi connectivity index (χ3v) is 2.40. The van der Waals surface area contributed by atoms with Gasteiger partial charge in [0, 0.05) is 12.8 Å². The summed E-state index contributed by atoms with van der Waals surface area (Å²) in [6.45, 7) is 0.822. The lowest BCUT2D eigenvalue weighted by molar-refractivity contribution is -0.266. The zero-order valence-corrected chi connectivity index (χ0v) is 8.72. The van der Waals surface area contributed by atoms with E-state index < -0.39 is 35.7 Å². The Bertz CT molecular complexity index is 334. The van der Waals surface area contributed by atoms with Gasteiger partial charge in [0.05, 0.1) is 7.11 Å². The Balaban J connectivity index is 3.01. The van der Waals surface area contributed by atoms with Crippen molar-refractivity contribution in [1.29, 1.82) is 0 Å². The van der Waals surface area contributed by atoms with Crippen LogP contribution in [0.25, 0.3) is 0 Å². The minimum absolute atomic E-state index is 0.277. The maximum Gasteiger partial charge on any atom is 0.427 e. The van der Waals surface area contributed by atoms with Crippen molar-refractivity contribution in [1.82, 2.24) is 0 Å². The van der Waals surface area contributed by atoms with Gasteiger partial charge in [-0.15, -0.1) is 0 Å². The van der Waals surface area contributed by atoms with E-state index in [-0.39, 0.29) is 6.42 Å². The molecule has 0 bridgehead atoms. The third-order valence-electron chi connectivity index (χ3n) is 2.40. The van der Waals surface area contributed by atoms with Gasteiger partial charge >= 0.3 is 12.1 Å². The van der Waals surface area contributed by atoms with Crippen LogP contribution in [0.1, 0.15) is 19.8 Å². The number of methoxy groups -OCH3 is 1. The molecule has 0 saturated carbocycles. The molecule has 0 unspecified atom stereocenters. The first-order chi connectivity index (χ1) is 7.21. The number of rotatable bonds is 1. The van der Waals surface area contributed by atoms with Crippen LogP contribution >= 0.6 is 0 Å². The summed E-state index contributed by atoms with van der Waals surface area (Å²) in [5.41, 5.74) is -2.47. The molecule has 1 aliphatic heterocycles. The second kappa shape index (κ2) is 3.88. The van der Waals surface area contributed by atoms with Crippen molar-refractivity contribution >= 4 is 5.97 Å². The van der Waals surface area contributed by atoms with Crippen LogP contribution < -0.4 is 0 Å². The number of carbonyl (C=O) groups is 1. The maximum atomic E-state index is 12.6. The lowest BCUT2D eigenvalue weighted by atomic mass is 9.95. The molecule has 1 heterocycles. The van der Waals surface area contributed by atoms with Gasteiger partial charge in [0.15, 0.2) is 0 Å². The van der Waals surface area contributed by atoms with Gasteiger partial charge in [-0.05, 0) is 6.92 Å². The van der Waals surface area contributed by atoms with Crippen molar-refractivity contribution in [3.05, 3.63) is 11.5 Å². The van der Waals surface area contributed by atoms with Crippen molar-refractivity contribution in [2.75, 3.05) is 7.11 Å². The molecule has 7 heteroatoms. The van der Waals surface area contributed by atoms with E-state index in [0.717, 1.165) is 14.0 Å². The Morgan fingerprint density at radius 1 is 1.56 bits per heavy atom. The Morgan fingerprint density at radius 3 is 2.56 bits per heavy atom. The Labute approximate surface area is 89.6 Å². The number of alkyl halides is 3. The van der Waals surface area contributed by atoms with E-state index in [4.69, 9.17) is 0 Å². The van der Waals surface area contributed by atoms with Crippen LogP contribution in [0.15, 0.2) is 11.5 Å². The highest BCUT2D eigenvalue weighted by atomic mass is 19.4. The molecular formula is C9H11F3O4. The lowest BCUT2D eigenvalue weighted by Crippen LogP contribution is -2.47. The molecule has 0 aromatic carbocycles. The highest BCUT2D eigenvalue weighted by Gasteiger charge is 2.56. The second-order valence-corrected chi connectivity index (χ2v) is 3.60. The summed E-state index contributed by atoms with van der Waals surface area (Å²) >= 11 is 0. The summed E-state index contributed by atoms with van der Waals surface area (Å²) in [6, 6.07) is 0. The molecule has 0 saturated heterocycles. The molecule has 0 aromatic rings. The fourth-order valence-corrected chi connectivity index (χ4v) is 1.26. The number of carbonyl (C=O) groups excluding carboxylic acids is 1. The van der Waals surface area contributed by atoms with Crippen LogP contribution in [-0.2, 0) is 14.3 Å². The first kappa shape index (κ1) is 12.7. The summed E-state index contributed by atoms with van der Waals surface area (Å²) in [5.74, 6) is -2.41. The van der Waals surface area contributed by atoms with Crippen LogP contribution in [0, 0.1) is 0 Å². The number of allylic oxidation sites excluding steroid dienone is 1. The van der Waals surface area contributed by atoms with Gasteiger partial charge in [-0.1, -0.05) is 0 Å². The predicted octanol–water partition coefficient (Wildman–Crippen LogP) is 2.06. The summed E-state index contributed by atoms with van der Waals surface area (Å²) in [7, 11) is 0.992. The standard InChI is InChI=1S/C9H11F3O4/c1-8(9(10,11)12)4-3-5(13)6(16-8)7(14)15-2/h13H,3-4H2,1-2H3/t8-/m1/s1. The monoisotopic (exact) mass is 240 g/mol. The van der Waals surface area contributed by atoms with Crippen LogP contribution in [-0.4, -0.2) is 30.0 Å². The van der Waals surface area contributed by atoms with Crippen molar-refractivity contribution in [3.63, 3.8) is 0 Å². The largest absolute Gasteiger partial charge is 0.508 e. The highest BCUT2D eigenvalue weighted by Crippen LogP contribution is 2.42. The molecule has 4 nitrogen and oxygen atoms in total. The number of halogens is 3. The van der Waals surface area contributed by atoms with Crippen molar-refractivity contribution in [2.24, 2.45) is 0 Å². The molecule has 0 spiro atoms. The molecule has 0 aromatic heterocycles. The number of esters is 1. The lowest BCUT2D eigenvalue weighted by Gasteiger charge is -2.35. The van der Waals surface area contributed by atoms with E-state index in [1.54, 1.807) is 0 Å². The van der Waals surface area contributed by atoms with Gasteiger partial charge in [-0.2, -0.15) is 13.2 Å². The molecule has 0 radical (unpaired) electrons. The SMILES string of the molecule is COC(=O)C1=C(O)CC[C@](C)(C(F)(F)F)O1. The average molecular weight is 240 g/mol. The molecule has 0 aliphatic carbocycles. The molecular weight excluding hydrogens is 229 g/mol. The molecule has 1 N–H and O–H groups in total. The molecule has 1 aliphatic rings. The first-order valence-corrected chi connectivity index (χ1v) is 4.47. The normalized spacial score (nSPS) is 26.3. The summed E-state index contributed by atoms with van der Waals surface area (Å²) in [4.78, 5) is 11.1. The minimum Gasteiger partial charge on any atom is -0.508 e. The second-order valence-electron chi connectivity index (χ2n) is 3.60. The van der Waals surface area contributed by atoms with E-state index in [0.29, 0.717) is 0 Å². The Kier molecular flexibility index (Phi) is 3.07.